The molecule has 282 valence electrons. The molecule has 0 spiro atoms. The van der Waals surface area contributed by atoms with Crippen molar-refractivity contribution in [3.8, 4) is 46.0 Å². The highest BCUT2D eigenvalue weighted by atomic mass is 16.6. The molecule has 0 amide bonds. The number of aliphatic carboxylic acids is 1. The molecule has 4 atom stereocenters. The fourth-order valence-electron chi connectivity index (χ4n) is 6.40. The summed E-state index contributed by atoms with van der Waals surface area (Å²) in [5.41, 5.74) is -2.27. The number of carboxylic acids is 1. The van der Waals surface area contributed by atoms with Crippen LogP contribution < -0.4 is 4.74 Å². The van der Waals surface area contributed by atoms with Crippen LogP contribution in [0.1, 0.15) is 33.7 Å². The number of phenolic OH excluding ortho intramolecular Hbond substituents is 7. The van der Waals surface area contributed by atoms with Crippen LogP contribution in [0.15, 0.2) is 72.8 Å². The van der Waals surface area contributed by atoms with Crippen molar-refractivity contribution in [1.29, 1.82) is 0 Å². The minimum absolute atomic E-state index is 0.0269. The van der Waals surface area contributed by atoms with Crippen molar-refractivity contribution in [2.75, 3.05) is 14.2 Å². The zero-order chi connectivity index (χ0) is 39.5. The van der Waals surface area contributed by atoms with Crippen LogP contribution in [0.3, 0.4) is 0 Å². The Bertz CT molecular complexity index is 2160. The van der Waals surface area contributed by atoms with Gasteiger partial charge in [-0.25, -0.2) is 9.59 Å². The largest absolute Gasteiger partial charge is 0.504 e. The van der Waals surface area contributed by atoms with E-state index in [0.29, 0.717) is 5.56 Å². The highest BCUT2D eigenvalue weighted by Gasteiger charge is 2.62. The molecule has 1 aliphatic rings. The number of carboxylic acid groups (broad SMARTS) is 1. The minimum atomic E-state index is -2.37. The fourth-order valence-corrected chi connectivity index (χ4v) is 6.40. The Hall–Kier alpha value is -7.10. The molecule has 0 radical (unpaired) electrons. The van der Waals surface area contributed by atoms with Gasteiger partial charge in [-0.1, -0.05) is 24.3 Å². The average Bonchev–Trinajstić information content (AvgIpc) is 3.51. The molecule has 0 unspecified atom stereocenters. The second kappa shape index (κ2) is 15.2. The zero-order valence-corrected chi connectivity index (χ0v) is 28.5. The number of aromatic hydroxyl groups is 7. The number of ether oxygens (including phenoxy) is 4. The molecule has 0 aromatic heterocycles. The van der Waals surface area contributed by atoms with Crippen molar-refractivity contribution < 1.29 is 79.0 Å². The van der Waals surface area contributed by atoms with Gasteiger partial charge in [0.25, 0.3) is 0 Å². The van der Waals surface area contributed by atoms with Crippen LogP contribution in [0.25, 0.3) is 6.08 Å². The molecule has 1 aliphatic heterocycles. The molecule has 1 heterocycles. The van der Waals surface area contributed by atoms with E-state index in [2.05, 4.69) is 0 Å². The monoisotopic (exact) mass is 746 g/mol. The summed E-state index contributed by atoms with van der Waals surface area (Å²) in [6.45, 7) is 0. The van der Waals surface area contributed by atoms with Crippen LogP contribution in [-0.2, 0) is 51.8 Å². The Morgan fingerprint density at radius 3 is 1.78 bits per heavy atom. The lowest BCUT2D eigenvalue weighted by Crippen LogP contribution is -2.50. The van der Waals surface area contributed by atoms with E-state index >= 15 is 0 Å². The molecule has 8 N–H and O–H groups in total. The third kappa shape index (κ3) is 7.30. The van der Waals surface area contributed by atoms with Gasteiger partial charge in [0, 0.05) is 23.6 Å². The van der Waals surface area contributed by atoms with E-state index in [9.17, 15) is 60.0 Å². The predicted molar refractivity (Wildman–Crippen MR) is 184 cm³/mol. The lowest BCUT2D eigenvalue weighted by atomic mass is 9.68. The molecule has 0 fully saturated rings. The van der Waals surface area contributed by atoms with E-state index in [4.69, 9.17) is 18.9 Å². The number of benzene rings is 4. The molecule has 0 saturated heterocycles. The lowest BCUT2D eigenvalue weighted by molar-refractivity contribution is -0.162. The Labute approximate surface area is 305 Å². The summed E-state index contributed by atoms with van der Waals surface area (Å²) in [4.78, 5) is 52.8. The molecular weight excluding hydrogens is 712 g/mol. The summed E-state index contributed by atoms with van der Waals surface area (Å²) in [5.74, 6) is -12.5. The van der Waals surface area contributed by atoms with Crippen LogP contribution in [-0.4, -0.2) is 85.1 Å². The first-order chi connectivity index (χ1) is 25.6. The van der Waals surface area contributed by atoms with E-state index < -0.39 is 99.8 Å². The van der Waals surface area contributed by atoms with Gasteiger partial charge in [0.15, 0.2) is 51.6 Å². The van der Waals surface area contributed by atoms with Gasteiger partial charge in [0.2, 0.25) is 6.10 Å². The summed E-state index contributed by atoms with van der Waals surface area (Å²) in [6, 6.07) is 12.9. The van der Waals surface area contributed by atoms with Crippen LogP contribution in [0.5, 0.6) is 46.0 Å². The number of methoxy groups -OCH3 is 2. The van der Waals surface area contributed by atoms with E-state index in [0.717, 1.165) is 62.8 Å². The van der Waals surface area contributed by atoms with E-state index in [-0.39, 0.29) is 28.7 Å². The Morgan fingerprint density at radius 1 is 0.704 bits per heavy atom. The molecule has 16 heteroatoms. The molecule has 4 aromatic carbocycles. The summed E-state index contributed by atoms with van der Waals surface area (Å²) < 4.78 is 21.5. The Kier molecular flexibility index (Phi) is 10.8. The van der Waals surface area contributed by atoms with E-state index in [1.807, 2.05) is 0 Å². The van der Waals surface area contributed by atoms with Gasteiger partial charge >= 0.3 is 23.9 Å². The number of phenols is 7. The van der Waals surface area contributed by atoms with Crippen molar-refractivity contribution in [1.82, 2.24) is 0 Å². The van der Waals surface area contributed by atoms with Crippen LogP contribution >= 0.6 is 0 Å². The Balaban J connectivity index is 1.61. The number of hydrogen-bond donors (Lipinski definition) is 8. The topological polar surface area (TPSA) is 267 Å². The number of fused-ring (bicyclic) bond motifs is 1. The number of esters is 3. The maximum Gasteiger partial charge on any atom is 0.347 e. The summed E-state index contributed by atoms with van der Waals surface area (Å²) in [5, 5.41) is 82.2. The molecule has 5 rings (SSSR count). The second-order valence-electron chi connectivity index (χ2n) is 12.2. The fraction of sp³-hybridized carbons (Fsp3) is 0.211. The second-order valence-corrected chi connectivity index (χ2v) is 12.2. The van der Waals surface area contributed by atoms with E-state index in [1.54, 1.807) is 0 Å². The van der Waals surface area contributed by atoms with Crippen LogP contribution in [0.4, 0.5) is 0 Å². The quantitative estimate of drug-likeness (QED) is 0.0446. The van der Waals surface area contributed by atoms with Gasteiger partial charge in [-0.15, -0.1) is 0 Å². The van der Waals surface area contributed by atoms with Gasteiger partial charge in [-0.2, -0.15) is 0 Å². The molecule has 16 nitrogen and oxygen atoms in total. The van der Waals surface area contributed by atoms with Gasteiger partial charge in [-0.3, -0.25) is 9.59 Å². The van der Waals surface area contributed by atoms with Crippen molar-refractivity contribution in [3.63, 3.8) is 0 Å². The zero-order valence-electron chi connectivity index (χ0n) is 28.5. The SMILES string of the molecule is COC(=O)[C@@H](Cc1ccc(O)c(O)c1)OC(=O)C=Cc1ccc(O)c2c1[C@H](C(=O)O)[C@](c1ccc(O)c(O)c1)([C@@H](Cc1ccc(O)c(O)c1)C(=O)OC)O2. The number of carbonyl (C=O) groups is 4. The highest BCUT2D eigenvalue weighted by molar-refractivity contribution is 5.92. The molecule has 0 aliphatic carbocycles. The Morgan fingerprint density at radius 2 is 1.24 bits per heavy atom. The minimum Gasteiger partial charge on any atom is -0.504 e. The smallest absolute Gasteiger partial charge is 0.347 e. The molecule has 4 aromatic rings. The van der Waals surface area contributed by atoms with Crippen LogP contribution in [0, 0.1) is 5.92 Å². The van der Waals surface area contributed by atoms with Crippen molar-refractivity contribution in [2.24, 2.45) is 5.92 Å². The average molecular weight is 747 g/mol. The summed E-state index contributed by atoms with van der Waals surface area (Å²) >= 11 is 0. The molecule has 54 heavy (non-hydrogen) atoms. The third-order valence-electron chi connectivity index (χ3n) is 8.94. The predicted octanol–water partition coefficient (Wildman–Crippen LogP) is 3.45. The summed E-state index contributed by atoms with van der Waals surface area (Å²) in [7, 11) is 2.10. The van der Waals surface area contributed by atoms with Crippen LogP contribution in [0.2, 0.25) is 0 Å². The first-order valence-electron chi connectivity index (χ1n) is 16.0. The number of carbonyl (C=O) groups excluding carboxylic acids is 3. The highest BCUT2D eigenvalue weighted by Crippen LogP contribution is 2.59. The first-order valence-corrected chi connectivity index (χ1v) is 16.0. The number of hydrogen-bond acceptors (Lipinski definition) is 15. The van der Waals surface area contributed by atoms with Crippen molar-refractivity contribution in [2.45, 2.75) is 30.5 Å². The van der Waals surface area contributed by atoms with Gasteiger partial charge in [0.1, 0.15) is 11.8 Å². The van der Waals surface area contributed by atoms with Crippen molar-refractivity contribution >= 4 is 30.0 Å². The van der Waals surface area contributed by atoms with Crippen molar-refractivity contribution in [3.05, 3.63) is 101 Å². The summed E-state index contributed by atoms with van der Waals surface area (Å²) in [6.07, 6.45) is -0.202. The molecule has 0 bridgehead atoms. The molecular formula is C38H34O16. The maximum absolute atomic E-state index is 13.7. The van der Waals surface area contributed by atoms with Gasteiger partial charge in [0.05, 0.1) is 14.2 Å². The van der Waals surface area contributed by atoms with Gasteiger partial charge in [-0.05, 0) is 71.7 Å². The number of rotatable bonds is 12. The standard InChI is InChI=1S/C38H34O16/c1-51-36(49)22(13-18-3-8-23(39)27(43)14-18)38(21-7-11-25(41)29(45)17-21)33(35(47)48)32-20(5-10-26(42)34(32)54-38)6-12-31(46)53-30(37(50)52-2)16-19-4-9-24(40)28(44)15-19/h3-12,14-15,17,22,30,33,39-45H,13,16H2,1-2H3,(H,47,48)/t22-,30+,33+,38-/m0/s1. The van der Waals surface area contributed by atoms with E-state index in [1.165, 1.54) is 30.3 Å². The molecule has 0 saturated carbocycles. The normalized spacial score (nSPS) is 17.2. The third-order valence-corrected chi connectivity index (χ3v) is 8.94. The lowest BCUT2D eigenvalue weighted by Gasteiger charge is -2.39. The maximum atomic E-state index is 13.7. The van der Waals surface area contributed by atoms with Gasteiger partial charge < -0.3 is 59.8 Å². The first kappa shape index (κ1) is 38.1.